The summed E-state index contributed by atoms with van der Waals surface area (Å²) in [6.07, 6.45) is 3.63. The molecule has 3 heterocycles. The molecule has 1 aliphatic rings. The Hall–Kier alpha value is -1.53. The summed E-state index contributed by atoms with van der Waals surface area (Å²) < 4.78 is 8.52. The zero-order valence-electron chi connectivity index (χ0n) is 11.7. The number of hydrogen-bond donors (Lipinski definition) is 1. The van der Waals surface area contributed by atoms with Gasteiger partial charge in [0.05, 0.1) is 5.60 Å². The van der Waals surface area contributed by atoms with Crippen molar-refractivity contribution in [2.75, 3.05) is 6.61 Å². The lowest BCUT2D eigenvalue weighted by atomic mass is 9.93. The lowest BCUT2D eigenvalue weighted by molar-refractivity contribution is -0.0690. The van der Waals surface area contributed by atoms with Crippen molar-refractivity contribution >= 4 is 12.2 Å². The van der Waals surface area contributed by atoms with Gasteiger partial charge in [-0.2, -0.15) is 5.10 Å². The highest BCUT2D eigenvalue weighted by molar-refractivity contribution is 7.71. The number of H-pyrrole nitrogens is 1. The van der Waals surface area contributed by atoms with E-state index in [4.69, 9.17) is 17.0 Å². The zero-order chi connectivity index (χ0) is 14.2. The number of hydrogen-bond acceptors (Lipinski definition) is 4. The Morgan fingerprint density at radius 1 is 1.45 bits per heavy atom. The van der Waals surface area contributed by atoms with Crippen LogP contribution in [0.25, 0.3) is 11.5 Å². The maximum Gasteiger partial charge on any atom is 0.195 e. The summed E-state index contributed by atoms with van der Waals surface area (Å²) in [6, 6.07) is 6.10. The van der Waals surface area contributed by atoms with E-state index < -0.39 is 0 Å². The van der Waals surface area contributed by atoms with Crippen LogP contribution in [0.4, 0.5) is 0 Å². The summed E-state index contributed by atoms with van der Waals surface area (Å²) in [7, 11) is 0. The van der Waals surface area contributed by atoms with E-state index in [1.807, 2.05) is 18.2 Å². The van der Waals surface area contributed by atoms with Gasteiger partial charge < -0.3 is 4.74 Å². The van der Waals surface area contributed by atoms with E-state index in [0.29, 0.717) is 10.8 Å². The van der Waals surface area contributed by atoms with E-state index in [-0.39, 0.29) is 5.60 Å². The van der Waals surface area contributed by atoms with Crippen molar-refractivity contribution in [1.82, 2.24) is 19.7 Å². The van der Waals surface area contributed by atoms with Crippen molar-refractivity contribution in [1.29, 1.82) is 0 Å². The van der Waals surface area contributed by atoms with Gasteiger partial charge in [0.15, 0.2) is 10.6 Å². The van der Waals surface area contributed by atoms with Gasteiger partial charge in [-0.3, -0.25) is 14.6 Å². The number of pyridine rings is 1. The third kappa shape index (κ3) is 2.53. The largest absolute Gasteiger partial charge is 0.375 e. The van der Waals surface area contributed by atoms with Crippen LogP contribution in [0.3, 0.4) is 0 Å². The van der Waals surface area contributed by atoms with Crippen LogP contribution in [0.15, 0.2) is 24.4 Å². The summed E-state index contributed by atoms with van der Waals surface area (Å²) in [6.45, 7) is 4.97. The molecular formula is C14H18N4OS. The molecule has 0 aliphatic carbocycles. The van der Waals surface area contributed by atoms with Gasteiger partial charge in [-0.15, -0.1) is 0 Å². The van der Waals surface area contributed by atoms with E-state index in [2.05, 4.69) is 33.6 Å². The highest BCUT2D eigenvalue weighted by Gasteiger charge is 2.31. The molecule has 106 valence electrons. The van der Waals surface area contributed by atoms with Gasteiger partial charge in [-0.25, -0.2) is 0 Å². The highest BCUT2D eigenvalue weighted by atomic mass is 32.1. The van der Waals surface area contributed by atoms with Gasteiger partial charge >= 0.3 is 0 Å². The number of aromatic amines is 1. The third-order valence-corrected chi connectivity index (χ3v) is 3.92. The standard InChI is InChI=1S/C14H18N4OS/c1-14(2)9-10(6-8-19-14)18-12(16-17-13(18)20)11-5-3-4-7-15-11/h3-5,7,10H,6,8-9H2,1-2H3,(H,17,20). The maximum atomic E-state index is 5.79. The predicted octanol–water partition coefficient (Wildman–Crippen LogP) is 3.13. The van der Waals surface area contributed by atoms with Crippen molar-refractivity contribution < 1.29 is 4.74 Å². The molecule has 0 saturated carbocycles. The number of ether oxygens (including phenoxy) is 1. The van der Waals surface area contributed by atoms with Crippen molar-refractivity contribution in [3.8, 4) is 11.5 Å². The topological polar surface area (TPSA) is 55.7 Å². The van der Waals surface area contributed by atoms with Gasteiger partial charge in [0.1, 0.15) is 5.69 Å². The summed E-state index contributed by atoms with van der Waals surface area (Å²) in [5.41, 5.74) is 0.709. The fourth-order valence-corrected chi connectivity index (χ4v) is 3.02. The van der Waals surface area contributed by atoms with Crippen LogP contribution < -0.4 is 0 Å². The third-order valence-electron chi connectivity index (χ3n) is 3.63. The molecule has 1 saturated heterocycles. The van der Waals surface area contributed by atoms with Crippen molar-refractivity contribution in [3.05, 3.63) is 29.2 Å². The van der Waals surface area contributed by atoms with Crippen LogP contribution in [-0.2, 0) is 4.74 Å². The van der Waals surface area contributed by atoms with Crippen LogP contribution >= 0.6 is 12.2 Å². The van der Waals surface area contributed by atoms with E-state index in [1.165, 1.54) is 0 Å². The van der Waals surface area contributed by atoms with Gasteiger partial charge in [0.25, 0.3) is 0 Å². The van der Waals surface area contributed by atoms with Crippen molar-refractivity contribution in [3.63, 3.8) is 0 Å². The first-order chi connectivity index (χ1) is 9.57. The first kappa shape index (κ1) is 13.5. The molecule has 1 fully saturated rings. The summed E-state index contributed by atoms with van der Waals surface area (Å²) in [5, 5.41) is 7.25. The summed E-state index contributed by atoms with van der Waals surface area (Å²) >= 11 is 5.40. The molecule has 6 heteroatoms. The number of nitrogens with one attached hydrogen (secondary N) is 1. The SMILES string of the molecule is CC1(C)CC(n2c(-c3ccccn3)n[nH]c2=S)CCO1. The molecule has 0 aromatic carbocycles. The molecule has 0 bridgehead atoms. The lowest BCUT2D eigenvalue weighted by Gasteiger charge is -2.36. The second-order valence-electron chi connectivity index (χ2n) is 5.69. The first-order valence-electron chi connectivity index (χ1n) is 6.79. The number of nitrogens with zero attached hydrogens (tertiary/aromatic N) is 3. The van der Waals surface area contributed by atoms with E-state index >= 15 is 0 Å². The Morgan fingerprint density at radius 2 is 2.30 bits per heavy atom. The Bertz CT molecular complexity index is 647. The predicted molar refractivity (Wildman–Crippen MR) is 78.9 cm³/mol. The fourth-order valence-electron chi connectivity index (χ4n) is 2.74. The molecule has 1 N–H and O–H groups in total. The Morgan fingerprint density at radius 3 is 3.00 bits per heavy atom. The van der Waals surface area contributed by atoms with Crippen LogP contribution in [-0.4, -0.2) is 32.0 Å². The Kier molecular flexibility index (Phi) is 3.43. The molecule has 1 aliphatic heterocycles. The molecule has 20 heavy (non-hydrogen) atoms. The summed E-state index contributed by atoms with van der Waals surface area (Å²) in [4.78, 5) is 4.37. The van der Waals surface area contributed by atoms with E-state index in [1.54, 1.807) is 6.20 Å². The van der Waals surface area contributed by atoms with Crippen molar-refractivity contribution in [2.24, 2.45) is 0 Å². The normalized spacial score (nSPS) is 21.8. The van der Waals surface area contributed by atoms with Gasteiger partial charge in [0, 0.05) is 18.8 Å². The maximum absolute atomic E-state index is 5.79. The average molecular weight is 290 g/mol. The minimum absolute atomic E-state index is 0.129. The van der Waals surface area contributed by atoms with E-state index in [0.717, 1.165) is 31.0 Å². The molecule has 1 atom stereocenters. The fraction of sp³-hybridized carbons (Fsp3) is 0.500. The minimum Gasteiger partial charge on any atom is -0.375 e. The molecule has 2 aromatic rings. The Balaban J connectivity index is 2.02. The Labute approximate surface area is 123 Å². The number of rotatable bonds is 2. The molecule has 1 unspecified atom stereocenters. The second-order valence-corrected chi connectivity index (χ2v) is 6.08. The average Bonchev–Trinajstić information content (AvgIpc) is 2.80. The molecule has 2 aromatic heterocycles. The van der Waals surface area contributed by atoms with Crippen LogP contribution in [0.2, 0.25) is 0 Å². The molecule has 0 spiro atoms. The number of aromatic nitrogens is 4. The van der Waals surface area contributed by atoms with Gasteiger partial charge in [0.2, 0.25) is 0 Å². The zero-order valence-corrected chi connectivity index (χ0v) is 12.5. The quantitative estimate of drug-likeness (QED) is 0.863. The summed E-state index contributed by atoms with van der Waals surface area (Å²) in [5.74, 6) is 0.804. The van der Waals surface area contributed by atoms with Crippen LogP contribution in [0, 0.1) is 4.77 Å². The second kappa shape index (κ2) is 5.10. The molecule has 3 rings (SSSR count). The van der Waals surface area contributed by atoms with Crippen LogP contribution in [0.1, 0.15) is 32.7 Å². The minimum atomic E-state index is -0.129. The molecule has 0 amide bonds. The van der Waals surface area contributed by atoms with E-state index in [9.17, 15) is 0 Å². The van der Waals surface area contributed by atoms with Crippen LogP contribution in [0.5, 0.6) is 0 Å². The van der Waals surface area contributed by atoms with Crippen molar-refractivity contribution in [2.45, 2.75) is 38.3 Å². The highest BCUT2D eigenvalue weighted by Crippen LogP contribution is 2.34. The smallest absolute Gasteiger partial charge is 0.195 e. The molecule has 5 nitrogen and oxygen atoms in total. The molecular weight excluding hydrogens is 272 g/mol. The monoisotopic (exact) mass is 290 g/mol. The first-order valence-corrected chi connectivity index (χ1v) is 7.20. The van der Waals surface area contributed by atoms with Gasteiger partial charge in [-0.05, 0) is 51.0 Å². The molecule has 0 radical (unpaired) electrons. The lowest BCUT2D eigenvalue weighted by Crippen LogP contribution is -2.35. The van der Waals surface area contributed by atoms with Gasteiger partial charge in [-0.1, -0.05) is 6.07 Å².